The van der Waals surface area contributed by atoms with Crippen molar-refractivity contribution in [2.45, 2.75) is 43.9 Å². The van der Waals surface area contributed by atoms with E-state index in [4.69, 9.17) is 9.47 Å². The summed E-state index contributed by atoms with van der Waals surface area (Å²) in [5, 5.41) is 9.87. The second kappa shape index (κ2) is 4.91. The number of amides is 1. The van der Waals surface area contributed by atoms with Crippen LogP contribution in [-0.4, -0.2) is 47.3 Å². The molecule has 1 aromatic rings. The Balaban J connectivity index is 1.67. The lowest BCUT2D eigenvalue weighted by atomic mass is 9.98. The average Bonchev–Trinajstić information content (AvgIpc) is 2.78. The van der Waals surface area contributed by atoms with Crippen LogP contribution in [0.1, 0.15) is 36.0 Å². The number of piperidine rings is 1. The lowest BCUT2D eigenvalue weighted by molar-refractivity contribution is 0.0282. The minimum absolute atomic E-state index is 0.0109. The number of nitrogens with zero attached hydrogens (tertiary/aromatic N) is 1. The summed E-state index contributed by atoms with van der Waals surface area (Å²) in [6, 6.07) is 5.79. The van der Waals surface area contributed by atoms with E-state index in [0.717, 1.165) is 12.8 Å². The lowest BCUT2D eigenvalue weighted by Crippen LogP contribution is -2.48. The molecule has 1 amide bonds. The van der Waals surface area contributed by atoms with E-state index in [1.165, 1.54) is 0 Å². The summed E-state index contributed by atoms with van der Waals surface area (Å²) in [5.41, 5.74) is 0.584. The summed E-state index contributed by atoms with van der Waals surface area (Å²) in [5.74, 6) is 1.23. The second-order valence-electron chi connectivity index (χ2n) is 6.05. The Morgan fingerprint density at radius 1 is 1.14 bits per heavy atom. The third-order valence-corrected chi connectivity index (χ3v) is 4.74. The zero-order valence-corrected chi connectivity index (χ0v) is 11.8. The summed E-state index contributed by atoms with van der Waals surface area (Å²) >= 11 is 0. The van der Waals surface area contributed by atoms with Crippen LogP contribution in [0, 0.1) is 0 Å². The number of fused-ring (bicyclic) bond motifs is 3. The highest BCUT2D eigenvalue weighted by atomic mass is 16.6. The van der Waals surface area contributed by atoms with Crippen molar-refractivity contribution in [1.82, 2.24) is 4.90 Å². The van der Waals surface area contributed by atoms with Gasteiger partial charge in [-0.2, -0.15) is 0 Å². The molecule has 1 N–H and O–H groups in total. The number of aliphatic hydroxyl groups is 1. The fourth-order valence-corrected chi connectivity index (χ4v) is 3.86. The van der Waals surface area contributed by atoms with E-state index in [0.29, 0.717) is 43.1 Å². The van der Waals surface area contributed by atoms with Crippen LogP contribution in [0.3, 0.4) is 0 Å². The molecule has 112 valence electrons. The first-order valence-corrected chi connectivity index (χ1v) is 7.63. The topological polar surface area (TPSA) is 59.0 Å². The summed E-state index contributed by atoms with van der Waals surface area (Å²) < 4.78 is 11.2. The third-order valence-electron chi connectivity index (χ3n) is 4.74. The number of carbonyl (C=O) groups excluding carboxylic acids is 1. The number of hydrogen-bond acceptors (Lipinski definition) is 4. The molecule has 0 spiro atoms. The van der Waals surface area contributed by atoms with Gasteiger partial charge in [0.2, 0.25) is 0 Å². The average molecular weight is 289 g/mol. The maximum Gasteiger partial charge on any atom is 0.258 e. The van der Waals surface area contributed by atoms with Crippen molar-refractivity contribution in [1.29, 1.82) is 0 Å². The Hall–Kier alpha value is -1.75. The van der Waals surface area contributed by atoms with E-state index in [-0.39, 0.29) is 24.1 Å². The number of carbonyl (C=O) groups is 1. The highest BCUT2D eigenvalue weighted by Crippen LogP contribution is 2.40. The van der Waals surface area contributed by atoms with Crippen molar-refractivity contribution in [2.75, 3.05) is 13.2 Å². The van der Waals surface area contributed by atoms with Crippen LogP contribution in [0.5, 0.6) is 11.5 Å². The molecule has 2 unspecified atom stereocenters. The van der Waals surface area contributed by atoms with Gasteiger partial charge in [0.05, 0.1) is 11.7 Å². The van der Waals surface area contributed by atoms with Crippen molar-refractivity contribution >= 4 is 5.91 Å². The number of benzene rings is 1. The van der Waals surface area contributed by atoms with Gasteiger partial charge in [-0.25, -0.2) is 0 Å². The molecule has 4 rings (SSSR count). The van der Waals surface area contributed by atoms with Crippen LogP contribution in [0.2, 0.25) is 0 Å². The van der Waals surface area contributed by atoms with Gasteiger partial charge >= 0.3 is 0 Å². The van der Waals surface area contributed by atoms with Gasteiger partial charge in [-0.1, -0.05) is 6.07 Å². The van der Waals surface area contributed by atoms with Gasteiger partial charge in [-0.3, -0.25) is 4.79 Å². The van der Waals surface area contributed by atoms with E-state index in [1.807, 2.05) is 17.0 Å². The van der Waals surface area contributed by atoms with Crippen molar-refractivity contribution in [3.05, 3.63) is 23.8 Å². The minimum Gasteiger partial charge on any atom is -0.486 e. The van der Waals surface area contributed by atoms with E-state index < -0.39 is 0 Å². The zero-order valence-electron chi connectivity index (χ0n) is 11.8. The molecule has 3 heterocycles. The summed E-state index contributed by atoms with van der Waals surface area (Å²) in [4.78, 5) is 14.9. The molecular formula is C16H19NO4. The highest BCUT2D eigenvalue weighted by molar-refractivity contribution is 5.98. The standard InChI is InChI=1S/C16H19NO4/c18-12-8-10-4-5-11(9-12)17(10)16(19)13-2-1-3-14-15(13)21-7-6-20-14/h1-3,10-12,18H,4-9H2. The first-order valence-electron chi connectivity index (χ1n) is 7.63. The van der Waals surface area contributed by atoms with Crippen molar-refractivity contribution in [2.24, 2.45) is 0 Å². The first-order chi connectivity index (χ1) is 10.2. The monoisotopic (exact) mass is 289 g/mol. The predicted molar refractivity (Wildman–Crippen MR) is 75.7 cm³/mol. The largest absolute Gasteiger partial charge is 0.486 e. The van der Waals surface area contributed by atoms with Crippen LogP contribution in [0.15, 0.2) is 18.2 Å². The van der Waals surface area contributed by atoms with Crippen molar-refractivity contribution in [3.63, 3.8) is 0 Å². The van der Waals surface area contributed by atoms with Gasteiger partial charge in [-0.15, -0.1) is 0 Å². The fourth-order valence-electron chi connectivity index (χ4n) is 3.86. The Morgan fingerprint density at radius 3 is 2.62 bits per heavy atom. The quantitative estimate of drug-likeness (QED) is 0.853. The Morgan fingerprint density at radius 2 is 1.86 bits per heavy atom. The minimum atomic E-state index is -0.268. The molecule has 0 aliphatic carbocycles. The van der Waals surface area contributed by atoms with E-state index in [9.17, 15) is 9.90 Å². The normalized spacial score (nSPS) is 30.3. The highest BCUT2D eigenvalue weighted by Gasteiger charge is 2.43. The molecule has 0 aromatic heterocycles. The molecule has 2 bridgehead atoms. The molecule has 2 fully saturated rings. The molecule has 5 nitrogen and oxygen atoms in total. The molecular weight excluding hydrogens is 270 g/mol. The van der Waals surface area contributed by atoms with E-state index in [1.54, 1.807) is 6.07 Å². The number of aliphatic hydroxyl groups excluding tert-OH is 1. The van der Waals surface area contributed by atoms with Gasteiger partial charge in [-0.05, 0) is 37.8 Å². The second-order valence-corrected chi connectivity index (χ2v) is 6.05. The molecule has 3 aliphatic heterocycles. The maximum absolute atomic E-state index is 12.9. The van der Waals surface area contributed by atoms with Gasteiger partial charge in [0, 0.05) is 12.1 Å². The predicted octanol–water partition coefficient (Wildman–Crippen LogP) is 1.59. The van der Waals surface area contributed by atoms with Crippen molar-refractivity contribution in [3.8, 4) is 11.5 Å². The molecule has 1 aromatic carbocycles. The van der Waals surface area contributed by atoms with Crippen LogP contribution < -0.4 is 9.47 Å². The molecule has 2 atom stereocenters. The summed E-state index contributed by atoms with van der Waals surface area (Å²) in [6.45, 7) is 0.995. The smallest absolute Gasteiger partial charge is 0.258 e. The van der Waals surface area contributed by atoms with Gasteiger partial charge in [0.15, 0.2) is 11.5 Å². The van der Waals surface area contributed by atoms with E-state index >= 15 is 0 Å². The van der Waals surface area contributed by atoms with E-state index in [2.05, 4.69) is 0 Å². The number of ether oxygens (including phenoxy) is 2. The summed E-state index contributed by atoms with van der Waals surface area (Å²) in [6.07, 6.45) is 3.08. The number of para-hydroxylation sites is 1. The number of hydrogen-bond donors (Lipinski definition) is 1. The zero-order chi connectivity index (χ0) is 14.4. The molecule has 0 radical (unpaired) electrons. The van der Waals surface area contributed by atoms with Gasteiger partial charge in [0.25, 0.3) is 5.91 Å². The van der Waals surface area contributed by atoms with Crippen LogP contribution >= 0.6 is 0 Å². The lowest BCUT2D eigenvalue weighted by Gasteiger charge is -2.37. The SMILES string of the molecule is O=C(c1cccc2c1OCCO2)N1C2CCC1CC(O)C2. The molecule has 2 saturated heterocycles. The molecule has 21 heavy (non-hydrogen) atoms. The Labute approximate surface area is 123 Å². The maximum atomic E-state index is 12.9. The number of rotatable bonds is 1. The Kier molecular flexibility index (Phi) is 3.03. The third kappa shape index (κ3) is 2.07. The van der Waals surface area contributed by atoms with Gasteiger partial charge < -0.3 is 19.5 Å². The van der Waals surface area contributed by atoms with Crippen LogP contribution in [0.25, 0.3) is 0 Å². The molecule has 5 heteroatoms. The molecule has 3 aliphatic rings. The molecule has 0 saturated carbocycles. The van der Waals surface area contributed by atoms with Gasteiger partial charge in [0.1, 0.15) is 13.2 Å². The first kappa shape index (κ1) is 13.0. The van der Waals surface area contributed by atoms with Crippen LogP contribution in [-0.2, 0) is 0 Å². The van der Waals surface area contributed by atoms with Crippen molar-refractivity contribution < 1.29 is 19.4 Å². The summed E-state index contributed by atoms with van der Waals surface area (Å²) in [7, 11) is 0. The van der Waals surface area contributed by atoms with Crippen LogP contribution in [0.4, 0.5) is 0 Å². The fraction of sp³-hybridized carbons (Fsp3) is 0.562. The Bertz CT molecular complexity index is 559.